The molecule has 2 aromatic carbocycles. The number of benzene rings is 2. The summed E-state index contributed by atoms with van der Waals surface area (Å²) in [5, 5.41) is 5.53. The van der Waals surface area contributed by atoms with Gasteiger partial charge in [0, 0.05) is 30.6 Å². The van der Waals surface area contributed by atoms with Crippen LogP contribution in [0, 0.1) is 0 Å². The highest BCUT2D eigenvalue weighted by Crippen LogP contribution is 2.27. The van der Waals surface area contributed by atoms with Crippen molar-refractivity contribution in [1.82, 2.24) is 10.6 Å². The molecular formula is C20H24N2O5. The summed E-state index contributed by atoms with van der Waals surface area (Å²) >= 11 is 0. The Labute approximate surface area is 158 Å². The van der Waals surface area contributed by atoms with Crippen LogP contribution in [0.3, 0.4) is 0 Å². The van der Waals surface area contributed by atoms with E-state index in [1.54, 1.807) is 25.3 Å². The third-order valence-corrected chi connectivity index (χ3v) is 3.95. The maximum absolute atomic E-state index is 12.2. The number of carbonyl (C=O) groups is 2. The van der Waals surface area contributed by atoms with E-state index in [1.807, 2.05) is 24.3 Å². The fraction of sp³-hybridized carbons (Fsp3) is 0.300. The van der Waals surface area contributed by atoms with Gasteiger partial charge in [-0.1, -0.05) is 18.2 Å². The van der Waals surface area contributed by atoms with Crippen LogP contribution < -0.4 is 24.8 Å². The van der Waals surface area contributed by atoms with Gasteiger partial charge in [0.25, 0.3) is 5.91 Å². The second-order valence-electron chi connectivity index (χ2n) is 5.66. The minimum atomic E-state index is -0.284. The molecule has 0 aliphatic rings. The van der Waals surface area contributed by atoms with Crippen LogP contribution in [0.1, 0.15) is 22.3 Å². The molecule has 0 fully saturated rings. The van der Waals surface area contributed by atoms with Gasteiger partial charge in [-0.05, 0) is 24.3 Å². The largest absolute Gasteiger partial charge is 0.496 e. The van der Waals surface area contributed by atoms with Crippen LogP contribution in [0.2, 0.25) is 0 Å². The Morgan fingerprint density at radius 3 is 2.26 bits per heavy atom. The third-order valence-electron chi connectivity index (χ3n) is 3.95. The molecule has 0 radical (unpaired) electrons. The average molecular weight is 372 g/mol. The molecule has 2 aromatic rings. The SMILES string of the molecule is COc1ccccc1CNC(=O)CCNC(=O)c1ccc(OC)c(OC)c1. The van der Waals surface area contributed by atoms with Gasteiger partial charge >= 0.3 is 0 Å². The van der Waals surface area contributed by atoms with Crippen LogP contribution >= 0.6 is 0 Å². The molecule has 2 rings (SSSR count). The summed E-state index contributed by atoms with van der Waals surface area (Å²) in [6.07, 6.45) is 0.175. The lowest BCUT2D eigenvalue weighted by atomic mass is 10.2. The van der Waals surface area contributed by atoms with Crippen molar-refractivity contribution in [3.63, 3.8) is 0 Å². The molecule has 0 bridgehead atoms. The normalized spacial score (nSPS) is 10.0. The van der Waals surface area contributed by atoms with Crippen LogP contribution in [0.4, 0.5) is 0 Å². The molecule has 0 aliphatic heterocycles. The van der Waals surface area contributed by atoms with E-state index < -0.39 is 0 Å². The number of nitrogens with one attached hydrogen (secondary N) is 2. The van der Waals surface area contributed by atoms with E-state index in [0.717, 1.165) is 11.3 Å². The van der Waals surface area contributed by atoms with E-state index in [2.05, 4.69) is 10.6 Å². The maximum atomic E-state index is 12.2. The van der Waals surface area contributed by atoms with Gasteiger partial charge in [-0.3, -0.25) is 9.59 Å². The second kappa shape index (κ2) is 10.1. The lowest BCUT2D eigenvalue weighted by molar-refractivity contribution is -0.121. The van der Waals surface area contributed by atoms with Crippen molar-refractivity contribution < 1.29 is 23.8 Å². The maximum Gasteiger partial charge on any atom is 0.251 e. The Balaban J connectivity index is 1.80. The van der Waals surface area contributed by atoms with Gasteiger partial charge in [0.15, 0.2) is 11.5 Å². The number of amides is 2. The summed E-state index contributed by atoms with van der Waals surface area (Å²) in [7, 11) is 4.62. The average Bonchev–Trinajstić information content (AvgIpc) is 2.71. The highest BCUT2D eigenvalue weighted by molar-refractivity contribution is 5.95. The smallest absolute Gasteiger partial charge is 0.251 e. The molecule has 0 atom stereocenters. The summed E-state index contributed by atoms with van der Waals surface area (Å²) in [6.45, 7) is 0.595. The van der Waals surface area contributed by atoms with Crippen molar-refractivity contribution in [3.8, 4) is 17.2 Å². The Hall–Kier alpha value is -3.22. The molecule has 0 saturated carbocycles. The van der Waals surface area contributed by atoms with Gasteiger partial charge in [0.1, 0.15) is 5.75 Å². The summed E-state index contributed by atoms with van der Waals surface area (Å²) in [6, 6.07) is 12.4. The number of hydrogen-bond donors (Lipinski definition) is 2. The number of rotatable bonds is 9. The summed E-state index contributed by atoms with van der Waals surface area (Å²) in [5.41, 5.74) is 1.32. The van der Waals surface area contributed by atoms with Crippen molar-refractivity contribution in [3.05, 3.63) is 53.6 Å². The summed E-state index contributed by atoms with van der Waals surface area (Å²) in [4.78, 5) is 24.2. The molecule has 144 valence electrons. The lowest BCUT2D eigenvalue weighted by Gasteiger charge is -2.11. The third kappa shape index (κ3) is 5.64. The molecule has 27 heavy (non-hydrogen) atoms. The van der Waals surface area contributed by atoms with Crippen molar-refractivity contribution in [2.45, 2.75) is 13.0 Å². The van der Waals surface area contributed by atoms with Crippen LogP contribution in [0.5, 0.6) is 17.2 Å². The van der Waals surface area contributed by atoms with Gasteiger partial charge in [-0.2, -0.15) is 0 Å². The number of para-hydroxylation sites is 1. The minimum absolute atomic E-state index is 0.159. The van der Waals surface area contributed by atoms with E-state index in [0.29, 0.717) is 23.6 Å². The van der Waals surface area contributed by atoms with E-state index >= 15 is 0 Å². The molecule has 2 N–H and O–H groups in total. The molecule has 0 saturated heterocycles. The molecule has 0 spiro atoms. The first-order chi connectivity index (χ1) is 13.1. The van der Waals surface area contributed by atoms with Crippen LogP contribution in [-0.4, -0.2) is 39.7 Å². The highest BCUT2D eigenvalue weighted by Gasteiger charge is 2.11. The predicted octanol–water partition coefficient (Wildman–Crippen LogP) is 2.15. The van der Waals surface area contributed by atoms with Gasteiger partial charge in [0.05, 0.1) is 21.3 Å². The Morgan fingerprint density at radius 2 is 1.56 bits per heavy atom. The van der Waals surface area contributed by atoms with Crippen molar-refractivity contribution in [2.75, 3.05) is 27.9 Å². The summed E-state index contributed by atoms with van der Waals surface area (Å²) in [5.74, 6) is 1.30. The first-order valence-corrected chi connectivity index (χ1v) is 8.47. The van der Waals surface area contributed by atoms with Gasteiger partial charge in [-0.25, -0.2) is 0 Å². The lowest BCUT2D eigenvalue weighted by Crippen LogP contribution is -2.30. The molecular weight excluding hydrogens is 348 g/mol. The fourth-order valence-electron chi connectivity index (χ4n) is 2.50. The number of methoxy groups -OCH3 is 3. The molecule has 7 heteroatoms. The zero-order valence-corrected chi connectivity index (χ0v) is 15.7. The Morgan fingerprint density at radius 1 is 0.852 bits per heavy atom. The van der Waals surface area contributed by atoms with E-state index in [-0.39, 0.29) is 24.8 Å². The monoisotopic (exact) mass is 372 g/mol. The first-order valence-electron chi connectivity index (χ1n) is 8.47. The Bertz CT molecular complexity index is 792. The van der Waals surface area contributed by atoms with Crippen LogP contribution in [0.15, 0.2) is 42.5 Å². The van der Waals surface area contributed by atoms with E-state index in [1.165, 1.54) is 14.2 Å². The molecule has 0 aromatic heterocycles. The quantitative estimate of drug-likeness (QED) is 0.704. The number of carbonyl (C=O) groups excluding carboxylic acids is 2. The minimum Gasteiger partial charge on any atom is -0.496 e. The van der Waals surface area contributed by atoms with Crippen LogP contribution in [-0.2, 0) is 11.3 Å². The number of ether oxygens (including phenoxy) is 3. The number of hydrogen-bond acceptors (Lipinski definition) is 5. The zero-order chi connectivity index (χ0) is 19.6. The molecule has 0 aliphatic carbocycles. The molecule has 2 amide bonds. The Kier molecular flexibility index (Phi) is 7.49. The van der Waals surface area contributed by atoms with Crippen molar-refractivity contribution >= 4 is 11.8 Å². The zero-order valence-electron chi connectivity index (χ0n) is 15.7. The fourth-order valence-corrected chi connectivity index (χ4v) is 2.50. The van der Waals surface area contributed by atoms with E-state index in [9.17, 15) is 9.59 Å². The topological polar surface area (TPSA) is 85.9 Å². The van der Waals surface area contributed by atoms with Gasteiger partial charge in [0.2, 0.25) is 5.91 Å². The van der Waals surface area contributed by atoms with E-state index in [4.69, 9.17) is 14.2 Å². The molecule has 0 heterocycles. The molecule has 7 nitrogen and oxygen atoms in total. The first kappa shape index (κ1) is 20.1. The highest BCUT2D eigenvalue weighted by atomic mass is 16.5. The van der Waals surface area contributed by atoms with Crippen molar-refractivity contribution in [1.29, 1.82) is 0 Å². The standard InChI is InChI=1S/C20H24N2O5/c1-25-16-7-5-4-6-15(16)13-22-19(23)10-11-21-20(24)14-8-9-17(26-2)18(12-14)27-3/h4-9,12H,10-11,13H2,1-3H3,(H,21,24)(H,22,23). The van der Waals surface area contributed by atoms with Gasteiger partial charge in [-0.15, -0.1) is 0 Å². The predicted molar refractivity (Wildman–Crippen MR) is 101 cm³/mol. The molecule has 0 unspecified atom stereocenters. The summed E-state index contributed by atoms with van der Waals surface area (Å²) < 4.78 is 15.6. The van der Waals surface area contributed by atoms with Gasteiger partial charge < -0.3 is 24.8 Å². The second-order valence-corrected chi connectivity index (χ2v) is 5.66. The van der Waals surface area contributed by atoms with Crippen LogP contribution in [0.25, 0.3) is 0 Å². The van der Waals surface area contributed by atoms with Crippen molar-refractivity contribution in [2.24, 2.45) is 0 Å².